The molecule has 0 saturated carbocycles. The number of hydrogen-bond acceptors (Lipinski definition) is 0. The van der Waals surface area contributed by atoms with Crippen LogP contribution >= 0.6 is 0 Å². The minimum absolute atomic E-state index is 0. The molecule has 0 N–H and O–H groups in total. The van der Waals surface area contributed by atoms with Crippen LogP contribution in [0.1, 0.15) is 0 Å². The average molecular weight is 535 g/mol. The molecule has 0 fully saturated rings. The van der Waals surface area contributed by atoms with Gasteiger partial charge in [-0.05, 0) is 0 Å². The fourth-order valence-corrected chi connectivity index (χ4v) is 0. The van der Waals surface area contributed by atoms with Gasteiger partial charge in [-0.1, -0.05) is 0 Å². The second-order valence-electron chi connectivity index (χ2n) is 1.92. The van der Waals surface area contributed by atoms with E-state index in [2.05, 4.69) is 0 Å². The SMILES string of the molecule is [Cu+2].[F][Sb-]([F])([F])([F])([F])[F].[F][Sb-]([F])([F])([F])([F])[F]. The van der Waals surface area contributed by atoms with E-state index in [9.17, 15) is 33.8 Å². The Hall–Kier alpha value is 1.32. The molecule has 0 aliphatic rings. The van der Waals surface area contributed by atoms with Crippen LogP contribution in [0, 0.1) is 0 Å². The first kappa shape index (κ1) is 21.6. The van der Waals surface area contributed by atoms with Gasteiger partial charge in [-0.3, -0.25) is 0 Å². The third-order valence-electron chi connectivity index (χ3n) is 0. The summed E-state index contributed by atoms with van der Waals surface area (Å²) in [5, 5.41) is 0. The first-order valence-corrected chi connectivity index (χ1v) is 13.6. The normalized spacial score (nSPS) is 21.6. The third-order valence-corrected chi connectivity index (χ3v) is 0. The second kappa shape index (κ2) is 3.20. The van der Waals surface area contributed by atoms with Gasteiger partial charge in [0.05, 0.1) is 0 Å². The Morgan fingerprint density at radius 1 is 0.333 bits per heavy atom. The van der Waals surface area contributed by atoms with Crippen molar-refractivity contribution in [3.05, 3.63) is 0 Å². The van der Waals surface area contributed by atoms with Gasteiger partial charge < -0.3 is 0 Å². The van der Waals surface area contributed by atoms with Gasteiger partial charge in [0.1, 0.15) is 0 Å². The predicted octanol–water partition coefficient (Wildman–Crippen LogP) is 4.28. The zero-order chi connectivity index (χ0) is 12.8. The van der Waals surface area contributed by atoms with Gasteiger partial charge in [-0.25, -0.2) is 0 Å². The molecule has 0 aromatic rings. The molecule has 0 rings (SSSR count). The maximum absolute atomic E-state index is 11.2. The van der Waals surface area contributed by atoms with Crippen molar-refractivity contribution >= 4 is 39.0 Å². The molecule has 0 aliphatic heterocycles. The molecule has 15 heavy (non-hydrogen) atoms. The van der Waals surface area contributed by atoms with Gasteiger partial charge in [-0.15, -0.1) is 0 Å². The van der Waals surface area contributed by atoms with E-state index in [1.807, 2.05) is 0 Å². The van der Waals surface area contributed by atoms with Crippen LogP contribution in [-0.4, -0.2) is 39.0 Å². The van der Waals surface area contributed by atoms with E-state index in [0.29, 0.717) is 0 Å². The molecule has 0 spiro atoms. The van der Waals surface area contributed by atoms with Gasteiger partial charge in [0, 0.05) is 0 Å². The number of hydrogen-bond donors (Lipinski definition) is 0. The Kier molecular flexibility index (Phi) is 4.61. The van der Waals surface area contributed by atoms with Crippen LogP contribution in [0.4, 0.5) is 33.8 Å². The molecular formula is CuF12Sb2. The van der Waals surface area contributed by atoms with Gasteiger partial charge in [0.15, 0.2) is 0 Å². The van der Waals surface area contributed by atoms with Gasteiger partial charge >= 0.3 is 89.8 Å². The molecule has 0 aromatic heterocycles. The Bertz CT molecular complexity index is 161. The van der Waals surface area contributed by atoms with Crippen LogP contribution in [0.25, 0.3) is 0 Å². The Balaban J connectivity index is -0.000000180. The minimum atomic E-state index is -11.2. The predicted molar refractivity (Wildman–Crippen MR) is 24.8 cm³/mol. The zero-order valence-corrected chi connectivity index (χ0v) is 11.8. The van der Waals surface area contributed by atoms with E-state index in [-0.39, 0.29) is 17.1 Å². The van der Waals surface area contributed by atoms with Crippen LogP contribution in [0.15, 0.2) is 0 Å². The van der Waals surface area contributed by atoms with E-state index in [1.165, 1.54) is 0 Å². The summed E-state index contributed by atoms with van der Waals surface area (Å²) in [6.45, 7) is 0. The van der Waals surface area contributed by atoms with E-state index >= 15 is 0 Å². The molecule has 0 saturated heterocycles. The molecule has 0 heterocycles. The topological polar surface area (TPSA) is 0 Å². The maximum atomic E-state index is 9.93. The Labute approximate surface area is 89.2 Å². The standard InChI is InChI=1S/Cu.12FH.2Sb/h;12*1H;;/q+2;;;;;;;;;;;;;2*+5/p-12. The van der Waals surface area contributed by atoms with Gasteiger partial charge in [-0.2, -0.15) is 0 Å². The van der Waals surface area contributed by atoms with Gasteiger partial charge in [0.25, 0.3) is 0 Å². The fraction of sp³-hybridized carbons (Fsp3) is 0. The van der Waals surface area contributed by atoms with E-state index < -0.39 is 39.0 Å². The molecule has 0 nitrogen and oxygen atoms in total. The average Bonchev–Trinajstić information content (AvgIpc) is 0.938. The summed E-state index contributed by atoms with van der Waals surface area (Å²) >= 11 is -22.5. The van der Waals surface area contributed by atoms with Crippen LogP contribution in [-0.2, 0) is 17.1 Å². The molecule has 105 valence electrons. The van der Waals surface area contributed by atoms with Crippen molar-refractivity contribution in [1.82, 2.24) is 0 Å². The van der Waals surface area contributed by atoms with E-state index in [4.69, 9.17) is 0 Å². The second-order valence-corrected chi connectivity index (χ2v) is 12.9. The van der Waals surface area contributed by atoms with E-state index in [1.54, 1.807) is 0 Å². The fourth-order valence-electron chi connectivity index (χ4n) is 0. The van der Waals surface area contributed by atoms with Crippen molar-refractivity contribution in [2.24, 2.45) is 0 Å². The number of rotatable bonds is 0. The molecule has 1 radical (unpaired) electrons. The molecule has 0 amide bonds. The molecule has 15 heteroatoms. The van der Waals surface area contributed by atoms with Crippen LogP contribution in [0.5, 0.6) is 0 Å². The molecule has 0 aromatic carbocycles. The Morgan fingerprint density at radius 2 is 0.333 bits per heavy atom. The van der Waals surface area contributed by atoms with Crippen LogP contribution < -0.4 is 0 Å². The van der Waals surface area contributed by atoms with E-state index in [0.717, 1.165) is 0 Å². The summed E-state index contributed by atoms with van der Waals surface area (Å²) < 4.78 is 119. The van der Waals surface area contributed by atoms with Crippen LogP contribution in [0.3, 0.4) is 0 Å². The summed E-state index contributed by atoms with van der Waals surface area (Å²) in [6, 6.07) is 0. The van der Waals surface area contributed by atoms with Crippen molar-refractivity contribution in [3.63, 3.8) is 0 Å². The molecule has 0 atom stereocenters. The quantitative estimate of drug-likeness (QED) is 0.321. The first-order chi connectivity index (χ1) is 4.90. The molecule has 0 aliphatic carbocycles. The van der Waals surface area contributed by atoms with Crippen molar-refractivity contribution in [2.75, 3.05) is 0 Å². The van der Waals surface area contributed by atoms with Crippen molar-refractivity contribution in [1.29, 1.82) is 0 Å². The zero-order valence-electron chi connectivity index (χ0n) is 5.73. The molecule has 0 bridgehead atoms. The summed E-state index contributed by atoms with van der Waals surface area (Å²) in [7, 11) is 0. The Morgan fingerprint density at radius 3 is 0.333 bits per heavy atom. The van der Waals surface area contributed by atoms with Gasteiger partial charge in [0.2, 0.25) is 0 Å². The summed E-state index contributed by atoms with van der Waals surface area (Å²) in [6.07, 6.45) is 0. The van der Waals surface area contributed by atoms with Crippen molar-refractivity contribution < 1.29 is 50.8 Å². The summed E-state index contributed by atoms with van der Waals surface area (Å²) in [5.41, 5.74) is 0. The van der Waals surface area contributed by atoms with Crippen molar-refractivity contribution in [2.45, 2.75) is 0 Å². The summed E-state index contributed by atoms with van der Waals surface area (Å²) in [5.74, 6) is 0. The number of halogens is 12. The first-order valence-electron chi connectivity index (χ1n) is 2.03. The molecule has 0 unspecified atom stereocenters. The molecular weight excluding hydrogens is 535 g/mol. The third kappa shape index (κ3) is 1570. The summed E-state index contributed by atoms with van der Waals surface area (Å²) in [4.78, 5) is 0. The van der Waals surface area contributed by atoms with Crippen molar-refractivity contribution in [3.8, 4) is 0 Å². The monoisotopic (exact) mass is 533 g/mol. The van der Waals surface area contributed by atoms with Crippen LogP contribution in [0.2, 0.25) is 0 Å².